The van der Waals surface area contributed by atoms with Gasteiger partial charge in [-0.2, -0.15) is 0 Å². The lowest BCUT2D eigenvalue weighted by atomic mass is 9.84. The van der Waals surface area contributed by atoms with E-state index in [9.17, 15) is 14.7 Å². The highest BCUT2D eigenvalue weighted by atomic mass is 35.5. The van der Waals surface area contributed by atoms with Crippen molar-refractivity contribution < 1.29 is 14.7 Å². The molecule has 1 saturated carbocycles. The van der Waals surface area contributed by atoms with E-state index >= 15 is 0 Å². The molecule has 2 aliphatic rings. The van der Waals surface area contributed by atoms with Crippen molar-refractivity contribution in [2.45, 2.75) is 44.2 Å². The first kappa shape index (κ1) is 14.4. The number of amides is 1. The van der Waals surface area contributed by atoms with Gasteiger partial charge < -0.3 is 10.0 Å². The van der Waals surface area contributed by atoms with Crippen molar-refractivity contribution in [2.24, 2.45) is 5.92 Å². The monoisotopic (exact) mass is 307 g/mol. The fraction of sp³-hybridized carbons (Fsp3) is 0.500. The van der Waals surface area contributed by atoms with Gasteiger partial charge in [0.15, 0.2) is 0 Å². The Hall–Kier alpha value is -1.55. The largest absolute Gasteiger partial charge is 0.480 e. The molecule has 1 saturated heterocycles. The molecule has 2 fully saturated rings. The van der Waals surface area contributed by atoms with Crippen molar-refractivity contribution in [3.63, 3.8) is 0 Å². The molecule has 21 heavy (non-hydrogen) atoms. The van der Waals surface area contributed by atoms with E-state index < -0.39 is 12.0 Å². The van der Waals surface area contributed by atoms with E-state index in [0.717, 1.165) is 25.7 Å². The van der Waals surface area contributed by atoms with E-state index in [4.69, 9.17) is 11.6 Å². The maximum atomic E-state index is 12.8. The molecule has 1 aliphatic heterocycles. The summed E-state index contributed by atoms with van der Waals surface area (Å²) >= 11 is 5.94. The zero-order valence-corrected chi connectivity index (χ0v) is 12.4. The Bertz CT molecular complexity index is 574. The third kappa shape index (κ3) is 2.64. The number of fused-ring (bicyclic) bond motifs is 1. The molecule has 0 spiro atoms. The summed E-state index contributed by atoms with van der Waals surface area (Å²) in [7, 11) is 0. The third-order valence-corrected chi connectivity index (χ3v) is 4.91. The van der Waals surface area contributed by atoms with Crippen LogP contribution in [0.2, 0.25) is 5.02 Å². The Morgan fingerprint density at radius 2 is 2.00 bits per heavy atom. The van der Waals surface area contributed by atoms with E-state index in [1.54, 1.807) is 29.2 Å². The topological polar surface area (TPSA) is 57.6 Å². The lowest BCUT2D eigenvalue weighted by Gasteiger charge is -2.33. The number of carboxylic acid groups (broad SMARTS) is 1. The number of nitrogens with zero attached hydrogens (tertiary/aromatic N) is 1. The zero-order chi connectivity index (χ0) is 15.0. The number of hydrogen-bond donors (Lipinski definition) is 1. The van der Waals surface area contributed by atoms with Gasteiger partial charge in [0, 0.05) is 16.6 Å². The van der Waals surface area contributed by atoms with Crippen molar-refractivity contribution in [3.8, 4) is 0 Å². The van der Waals surface area contributed by atoms with Gasteiger partial charge in [0.05, 0.1) is 0 Å². The molecule has 3 atom stereocenters. The van der Waals surface area contributed by atoms with Gasteiger partial charge in [-0.1, -0.05) is 30.5 Å². The first-order chi connectivity index (χ1) is 10.1. The quantitative estimate of drug-likeness (QED) is 0.913. The second kappa shape index (κ2) is 5.68. The molecular formula is C16H18ClNO3. The van der Waals surface area contributed by atoms with Crippen LogP contribution in [-0.2, 0) is 4.79 Å². The van der Waals surface area contributed by atoms with Crippen LogP contribution in [0, 0.1) is 5.92 Å². The number of carbonyl (C=O) groups is 2. The summed E-state index contributed by atoms with van der Waals surface area (Å²) in [4.78, 5) is 25.9. The molecule has 1 aliphatic carbocycles. The zero-order valence-electron chi connectivity index (χ0n) is 11.7. The molecule has 0 bridgehead atoms. The van der Waals surface area contributed by atoms with Gasteiger partial charge in [-0.3, -0.25) is 4.79 Å². The number of hydrogen-bond acceptors (Lipinski definition) is 2. The van der Waals surface area contributed by atoms with Crippen molar-refractivity contribution in [2.75, 3.05) is 0 Å². The van der Waals surface area contributed by atoms with Crippen LogP contribution in [-0.4, -0.2) is 34.0 Å². The van der Waals surface area contributed by atoms with Crippen LogP contribution in [0.5, 0.6) is 0 Å². The van der Waals surface area contributed by atoms with Gasteiger partial charge in [0.1, 0.15) is 6.04 Å². The van der Waals surface area contributed by atoms with E-state index in [2.05, 4.69) is 0 Å². The van der Waals surface area contributed by atoms with E-state index in [1.165, 1.54) is 0 Å². The number of carboxylic acids is 1. The van der Waals surface area contributed by atoms with E-state index in [0.29, 0.717) is 22.9 Å². The molecule has 1 aromatic carbocycles. The molecule has 1 N–H and O–H groups in total. The molecule has 0 radical (unpaired) electrons. The molecule has 1 amide bonds. The van der Waals surface area contributed by atoms with Crippen molar-refractivity contribution in [1.82, 2.24) is 4.90 Å². The van der Waals surface area contributed by atoms with Crippen molar-refractivity contribution in [3.05, 3.63) is 34.9 Å². The Balaban J connectivity index is 1.92. The minimum atomic E-state index is -0.903. The summed E-state index contributed by atoms with van der Waals surface area (Å²) in [5.41, 5.74) is 0.472. The molecule has 112 valence electrons. The second-order valence-electron chi connectivity index (χ2n) is 5.92. The van der Waals surface area contributed by atoms with Crippen LogP contribution < -0.4 is 0 Å². The van der Waals surface area contributed by atoms with Gasteiger partial charge >= 0.3 is 5.97 Å². The van der Waals surface area contributed by atoms with E-state index in [-0.39, 0.29) is 11.9 Å². The normalized spacial score (nSPS) is 28.2. The maximum Gasteiger partial charge on any atom is 0.326 e. The van der Waals surface area contributed by atoms with Gasteiger partial charge in [0.25, 0.3) is 5.91 Å². The Kier molecular flexibility index (Phi) is 3.89. The summed E-state index contributed by atoms with van der Waals surface area (Å²) in [5, 5.41) is 9.95. The Morgan fingerprint density at radius 1 is 1.24 bits per heavy atom. The molecule has 4 nitrogen and oxygen atoms in total. The summed E-state index contributed by atoms with van der Waals surface area (Å²) in [6.07, 6.45) is 4.69. The third-order valence-electron chi connectivity index (χ3n) is 4.68. The smallest absolute Gasteiger partial charge is 0.326 e. The number of halogens is 1. The summed E-state index contributed by atoms with van der Waals surface area (Å²) in [5.74, 6) is -0.790. The van der Waals surface area contributed by atoms with Crippen LogP contribution in [0.25, 0.3) is 0 Å². The number of aliphatic carboxylic acids is 1. The van der Waals surface area contributed by atoms with Crippen LogP contribution in [0.1, 0.15) is 42.5 Å². The molecule has 1 heterocycles. The highest BCUT2D eigenvalue weighted by molar-refractivity contribution is 6.31. The van der Waals surface area contributed by atoms with Crippen molar-refractivity contribution in [1.29, 1.82) is 0 Å². The standard InChI is InChI=1S/C16H18ClNO3/c17-12-6-3-5-11(8-12)15(19)18-13-7-2-1-4-10(13)9-14(18)16(20)21/h3,5-6,8,10,13-14H,1-2,4,7,9H2,(H,20,21)/t10-,13+,14+/m0/s1. The molecule has 3 rings (SSSR count). The number of likely N-dealkylation sites (tertiary alicyclic amines) is 1. The fourth-order valence-electron chi connectivity index (χ4n) is 3.74. The summed E-state index contributed by atoms with van der Waals surface area (Å²) in [6, 6.07) is 6.10. The van der Waals surface area contributed by atoms with Gasteiger partial charge in [-0.15, -0.1) is 0 Å². The van der Waals surface area contributed by atoms with Crippen LogP contribution >= 0.6 is 11.6 Å². The van der Waals surface area contributed by atoms with Crippen molar-refractivity contribution >= 4 is 23.5 Å². The number of benzene rings is 1. The number of rotatable bonds is 2. The molecule has 0 aromatic heterocycles. The highest BCUT2D eigenvalue weighted by Crippen LogP contribution is 2.40. The predicted octanol–water partition coefficient (Wildman–Crippen LogP) is 3.20. The molecule has 1 aromatic rings. The Morgan fingerprint density at radius 3 is 2.71 bits per heavy atom. The van der Waals surface area contributed by atoms with Gasteiger partial charge in [0.2, 0.25) is 0 Å². The summed E-state index contributed by atoms with van der Waals surface area (Å²) in [6.45, 7) is 0. The minimum absolute atomic E-state index is 0.0614. The van der Waals surface area contributed by atoms with Crippen LogP contribution in [0.3, 0.4) is 0 Å². The second-order valence-corrected chi connectivity index (χ2v) is 6.36. The first-order valence-corrected chi connectivity index (χ1v) is 7.77. The number of carbonyl (C=O) groups excluding carboxylic acids is 1. The maximum absolute atomic E-state index is 12.8. The fourth-order valence-corrected chi connectivity index (χ4v) is 3.93. The lowest BCUT2D eigenvalue weighted by Crippen LogP contribution is -2.46. The van der Waals surface area contributed by atoms with Gasteiger partial charge in [-0.05, 0) is 43.4 Å². The van der Waals surface area contributed by atoms with Gasteiger partial charge in [-0.25, -0.2) is 4.79 Å². The SMILES string of the molecule is O=C(O)[C@H]1C[C@@H]2CCCC[C@H]2N1C(=O)c1cccc(Cl)c1. The first-order valence-electron chi connectivity index (χ1n) is 7.39. The average molecular weight is 308 g/mol. The molecule has 5 heteroatoms. The minimum Gasteiger partial charge on any atom is -0.480 e. The predicted molar refractivity (Wildman–Crippen MR) is 79.4 cm³/mol. The summed E-state index contributed by atoms with van der Waals surface area (Å²) < 4.78 is 0. The molecular weight excluding hydrogens is 290 g/mol. The molecule has 0 unspecified atom stereocenters. The van der Waals surface area contributed by atoms with Crippen LogP contribution in [0.15, 0.2) is 24.3 Å². The average Bonchev–Trinajstić information content (AvgIpc) is 2.86. The van der Waals surface area contributed by atoms with E-state index in [1.807, 2.05) is 0 Å². The highest BCUT2D eigenvalue weighted by Gasteiger charge is 2.47. The lowest BCUT2D eigenvalue weighted by molar-refractivity contribution is -0.141. The van der Waals surface area contributed by atoms with Crippen LogP contribution in [0.4, 0.5) is 0 Å². The Labute approximate surface area is 128 Å².